The van der Waals surface area contributed by atoms with Crippen LogP contribution in [0.15, 0.2) is 115 Å². The molecule has 0 aliphatic heterocycles. The zero-order valence-electron chi connectivity index (χ0n) is 27.1. The van der Waals surface area contributed by atoms with Gasteiger partial charge in [-0.3, -0.25) is 0 Å². The highest BCUT2D eigenvalue weighted by molar-refractivity contribution is 5.71. The van der Waals surface area contributed by atoms with E-state index in [9.17, 15) is 0 Å². The number of pyridine rings is 1. The predicted octanol–water partition coefficient (Wildman–Crippen LogP) is 9.15. The van der Waals surface area contributed by atoms with Crippen molar-refractivity contribution in [2.24, 2.45) is 5.92 Å². The van der Waals surface area contributed by atoms with Crippen LogP contribution >= 0.6 is 0 Å². The van der Waals surface area contributed by atoms with Gasteiger partial charge in [0.05, 0.1) is 14.2 Å². The molecule has 0 aliphatic rings. The first-order valence-corrected chi connectivity index (χ1v) is 15.6. The van der Waals surface area contributed by atoms with E-state index in [0.29, 0.717) is 30.6 Å². The third kappa shape index (κ3) is 8.89. The van der Waals surface area contributed by atoms with Crippen LogP contribution in [0.5, 0.6) is 23.0 Å². The molecule has 5 rings (SSSR count). The van der Waals surface area contributed by atoms with E-state index in [1.807, 2.05) is 60.7 Å². The molecule has 0 fully saturated rings. The van der Waals surface area contributed by atoms with E-state index in [-0.39, 0.29) is 0 Å². The van der Waals surface area contributed by atoms with Crippen LogP contribution in [-0.2, 0) is 19.8 Å². The van der Waals surface area contributed by atoms with Gasteiger partial charge < -0.3 is 18.9 Å². The maximum Gasteiger partial charge on any atom is 0.205 e. The fourth-order valence-electron chi connectivity index (χ4n) is 5.09. The van der Waals surface area contributed by atoms with Crippen molar-refractivity contribution in [3.63, 3.8) is 0 Å². The van der Waals surface area contributed by atoms with Crippen LogP contribution < -0.4 is 23.5 Å². The molecule has 0 N–H and O–H groups in total. The molecule has 1 aromatic heterocycles. The standard InChI is InChI=1S/C41H42NO4/c1-31(2)28-42-36(22-18-32-20-24-38(40(26-32)43-3)45-29-34-12-7-5-8-13-34)16-11-17-37(42)23-19-33-21-25-39(41(27-33)44-4)46-30-35-14-9-6-10-15-35/h5-27,31H,28-30H2,1-4H3/q+1/b22-18+,23-19+. The lowest BCUT2D eigenvalue weighted by atomic mass is 10.1. The second kappa shape index (κ2) is 16.1. The molecule has 5 aromatic rings. The first-order valence-electron chi connectivity index (χ1n) is 15.6. The van der Waals surface area contributed by atoms with Crippen LogP contribution in [-0.4, -0.2) is 14.2 Å². The number of hydrogen-bond acceptors (Lipinski definition) is 4. The minimum Gasteiger partial charge on any atom is -0.493 e. The molecule has 0 spiro atoms. The van der Waals surface area contributed by atoms with E-state index in [1.54, 1.807) is 14.2 Å². The molecule has 5 nitrogen and oxygen atoms in total. The Morgan fingerprint density at radius 2 is 0.978 bits per heavy atom. The van der Waals surface area contributed by atoms with E-state index in [2.05, 4.69) is 97.3 Å². The molecule has 0 unspecified atom stereocenters. The summed E-state index contributed by atoms with van der Waals surface area (Å²) in [6.45, 7) is 6.32. The van der Waals surface area contributed by atoms with Crippen LogP contribution in [0.2, 0.25) is 0 Å². The number of methoxy groups -OCH3 is 2. The summed E-state index contributed by atoms with van der Waals surface area (Å²) in [7, 11) is 3.34. The maximum absolute atomic E-state index is 6.05. The molecule has 0 bridgehead atoms. The van der Waals surface area contributed by atoms with Crippen molar-refractivity contribution < 1.29 is 23.5 Å². The highest BCUT2D eigenvalue weighted by Crippen LogP contribution is 2.31. The van der Waals surface area contributed by atoms with Crippen molar-refractivity contribution in [2.75, 3.05) is 14.2 Å². The van der Waals surface area contributed by atoms with Crippen molar-refractivity contribution in [3.8, 4) is 23.0 Å². The van der Waals surface area contributed by atoms with Crippen molar-refractivity contribution in [2.45, 2.75) is 33.6 Å². The molecule has 0 aliphatic carbocycles. The Hall–Kier alpha value is -5.29. The summed E-state index contributed by atoms with van der Waals surface area (Å²) in [4.78, 5) is 0. The Balaban J connectivity index is 1.33. The van der Waals surface area contributed by atoms with Gasteiger partial charge in [-0.15, -0.1) is 0 Å². The summed E-state index contributed by atoms with van der Waals surface area (Å²) in [5, 5.41) is 0. The number of benzene rings is 4. The lowest BCUT2D eigenvalue weighted by molar-refractivity contribution is -0.705. The van der Waals surface area contributed by atoms with Crippen LogP contribution in [0.25, 0.3) is 24.3 Å². The van der Waals surface area contributed by atoms with Crippen LogP contribution in [0, 0.1) is 5.92 Å². The molecular formula is C41H42NO4+. The van der Waals surface area contributed by atoms with Gasteiger partial charge >= 0.3 is 0 Å². The van der Waals surface area contributed by atoms with Crippen LogP contribution in [0.3, 0.4) is 0 Å². The molecule has 1 heterocycles. The molecule has 0 amide bonds. The largest absolute Gasteiger partial charge is 0.493 e. The van der Waals surface area contributed by atoms with E-state index < -0.39 is 0 Å². The Morgan fingerprint density at radius 1 is 0.522 bits per heavy atom. The fourth-order valence-corrected chi connectivity index (χ4v) is 5.09. The normalized spacial score (nSPS) is 11.3. The third-order valence-electron chi connectivity index (χ3n) is 7.45. The topological polar surface area (TPSA) is 40.8 Å². The SMILES string of the molecule is COc1cc(/C=C/c2cccc(/C=C/c3ccc(OCc4ccccc4)c(OC)c3)[n+]2CC(C)C)ccc1OCc1ccccc1. The highest BCUT2D eigenvalue weighted by atomic mass is 16.5. The summed E-state index contributed by atoms with van der Waals surface area (Å²) in [5.41, 5.74) is 6.51. The van der Waals surface area contributed by atoms with Crippen LogP contribution in [0.1, 0.15) is 47.5 Å². The minimum atomic E-state index is 0.467. The summed E-state index contributed by atoms with van der Waals surface area (Å²) in [6.07, 6.45) is 8.53. The molecule has 0 atom stereocenters. The Kier molecular flexibility index (Phi) is 11.3. The number of nitrogens with zero attached hydrogens (tertiary/aromatic N) is 1. The zero-order valence-corrected chi connectivity index (χ0v) is 27.1. The van der Waals surface area contributed by atoms with Crippen molar-refractivity contribution >= 4 is 24.3 Å². The van der Waals surface area contributed by atoms with Gasteiger partial charge in [0, 0.05) is 30.2 Å². The molecule has 5 heteroatoms. The predicted molar refractivity (Wildman–Crippen MR) is 187 cm³/mol. The van der Waals surface area contributed by atoms with E-state index >= 15 is 0 Å². The summed E-state index contributed by atoms with van der Waals surface area (Å²) < 4.78 is 25.8. The monoisotopic (exact) mass is 612 g/mol. The molecule has 0 saturated carbocycles. The zero-order chi connectivity index (χ0) is 32.1. The van der Waals surface area contributed by atoms with Crippen LogP contribution in [0.4, 0.5) is 0 Å². The Morgan fingerprint density at radius 3 is 1.39 bits per heavy atom. The summed E-state index contributed by atoms with van der Waals surface area (Å²) in [6, 6.07) is 38.7. The van der Waals surface area contributed by atoms with Gasteiger partial charge in [-0.25, -0.2) is 0 Å². The van der Waals surface area contributed by atoms with Crippen molar-refractivity contribution in [1.82, 2.24) is 0 Å². The quantitative estimate of drug-likeness (QED) is 0.117. The molecule has 0 saturated heterocycles. The highest BCUT2D eigenvalue weighted by Gasteiger charge is 2.15. The Bertz CT molecular complexity index is 1640. The van der Waals surface area contributed by atoms with Gasteiger partial charge in [-0.05, 0) is 64.7 Å². The molecule has 46 heavy (non-hydrogen) atoms. The van der Waals surface area contributed by atoms with Crippen molar-refractivity contribution in [3.05, 3.63) is 149 Å². The lowest BCUT2D eigenvalue weighted by Crippen LogP contribution is -2.42. The van der Waals surface area contributed by atoms with E-state index in [0.717, 1.165) is 51.7 Å². The average Bonchev–Trinajstić information content (AvgIpc) is 3.09. The Labute approximate surface area is 273 Å². The first-order chi connectivity index (χ1) is 22.5. The number of rotatable bonds is 14. The van der Waals surface area contributed by atoms with Gasteiger partial charge in [0.15, 0.2) is 29.5 Å². The summed E-state index contributed by atoms with van der Waals surface area (Å²) >= 11 is 0. The molecular weight excluding hydrogens is 570 g/mol. The third-order valence-corrected chi connectivity index (χ3v) is 7.45. The van der Waals surface area contributed by atoms with Gasteiger partial charge in [-0.2, -0.15) is 4.57 Å². The fraction of sp³-hybridized carbons (Fsp3) is 0.195. The minimum absolute atomic E-state index is 0.467. The molecule has 4 aromatic carbocycles. The van der Waals surface area contributed by atoms with E-state index in [4.69, 9.17) is 18.9 Å². The second-order valence-electron chi connectivity index (χ2n) is 11.4. The smallest absolute Gasteiger partial charge is 0.205 e. The van der Waals surface area contributed by atoms with Gasteiger partial charge in [0.2, 0.25) is 11.4 Å². The lowest BCUT2D eigenvalue weighted by Gasteiger charge is -2.12. The average molecular weight is 613 g/mol. The number of ether oxygens (including phenoxy) is 4. The maximum atomic E-state index is 6.05. The van der Waals surface area contributed by atoms with Crippen molar-refractivity contribution in [1.29, 1.82) is 0 Å². The number of hydrogen-bond donors (Lipinski definition) is 0. The number of aromatic nitrogens is 1. The first kappa shape index (κ1) is 32.1. The summed E-state index contributed by atoms with van der Waals surface area (Å²) in [5.74, 6) is 3.32. The molecule has 0 radical (unpaired) electrons. The second-order valence-corrected chi connectivity index (χ2v) is 11.4. The van der Waals surface area contributed by atoms with E-state index in [1.165, 1.54) is 0 Å². The van der Waals surface area contributed by atoms with Gasteiger partial charge in [0.1, 0.15) is 13.2 Å². The van der Waals surface area contributed by atoms with Gasteiger partial charge in [-0.1, -0.05) is 86.6 Å². The molecule has 234 valence electrons. The van der Waals surface area contributed by atoms with Gasteiger partial charge in [0.25, 0.3) is 0 Å².